The molecule has 1 amide bonds. The molecule has 0 fully saturated rings. The average Bonchev–Trinajstić information content (AvgIpc) is 3.04. The van der Waals surface area contributed by atoms with Crippen molar-refractivity contribution in [1.29, 1.82) is 0 Å². The summed E-state index contributed by atoms with van der Waals surface area (Å²) in [4.78, 5) is 17.6. The van der Waals surface area contributed by atoms with Crippen LogP contribution in [-0.4, -0.2) is 36.5 Å². The lowest BCUT2D eigenvalue weighted by atomic mass is 10.1. The molecule has 0 atom stereocenters. The summed E-state index contributed by atoms with van der Waals surface area (Å²) in [6.07, 6.45) is 1.09. The van der Waals surface area contributed by atoms with Gasteiger partial charge in [0.25, 0.3) is 0 Å². The van der Waals surface area contributed by atoms with Gasteiger partial charge in [0.1, 0.15) is 0 Å². The number of fused-ring (bicyclic) bond motifs is 1. The largest absolute Gasteiger partial charge is 0.415 e. The zero-order valence-corrected chi connectivity index (χ0v) is 17.2. The monoisotopic (exact) mass is 400 g/mol. The molecule has 7 heteroatoms. The summed E-state index contributed by atoms with van der Waals surface area (Å²) in [5, 5.41) is 0.537. The maximum atomic E-state index is 12.9. The Bertz CT molecular complexity index is 1100. The van der Waals surface area contributed by atoms with E-state index in [0.717, 1.165) is 0 Å². The Morgan fingerprint density at radius 1 is 1.07 bits per heavy atom. The molecule has 0 aliphatic rings. The van der Waals surface area contributed by atoms with Crippen molar-refractivity contribution in [2.24, 2.45) is 0 Å². The third kappa shape index (κ3) is 3.75. The molecule has 2 aromatic carbocycles. The predicted molar refractivity (Wildman–Crippen MR) is 108 cm³/mol. The van der Waals surface area contributed by atoms with E-state index in [1.165, 1.54) is 6.07 Å². The first-order valence-electron chi connectivity index (χ1n) is 9.05. The predicted octanol–water partition coefficient (Wildman–Crippen LogP) is 4.62. The number of hydrogen-bond acceptors (Lipinski definition) is 4. The first-order chi connectivity index (χ1) is 13.1. The molecule has 3 rings (SSSR count). The number of nitrogens with one attached hydrogen (secondary N) is 1. The molecule has 0 radical (unpaired) electrons. The molecule has 1 aromatic heterocycles. The van der Waals surface area contributed by atoms with Crippen molar-refractivity contribution in [2.45, 2.75) is 43.0 Å². The van der Waals surface area contributed by atoms with Gasteiger partial charge in [-0.15, -0.1) is 0 Å². The van der Waals surface area contributed by atoms with Gasteiger partial charge in [0.05, 0.1) is 9.79 Å². The number of rotatable bonds is 4. The van der Waals surface area contributed by atoms with E-state index < -0.39 is 15.9 Å². The van der Waals surface area contributed by atoms with Crippen LogP contribution >= 0.6 is 0 Å². The standard InChI is InChI=1S/C21H24N2O4S/c1-5-23(21(2,3)4)20(24)27-19-14-22-18-12-11-16(13-17(18)19)28(25,26)15-9-7-6-8-10-15/h6-14,22H,5H2,1-4H3. The second kappa shape index (κ2) is 7.31. The number of benzene rings is 2. The van der Waals surface area contributed by atoms with Gasteiger partial charge in [-0.1, -0.05) is 18.2 Å². The van der Waals surface area contributed by atoms with Gasteiger partial charge in [-0.3, -0.25) is 0 Å². The zero-order valence-electron chi connectivity index (χ0n) is 16.4. The zero-order chi connectivity index (χ0) is 20.5. The van der Waals surface area contributed by atoms with Crippen LogP contribution in [0.2, 0.25) is 0 Å². The Morgan fingerprint density at radius 2 is 1.75 bits per heavy atom. The van der Waals surface area contributed by atoms with Crippen LogP contribution in [0.3, 0.4) is 0 Å². The van der Waals surface area contributed by atoms with Crippen LogP contribution in [0.5, 0.6) is 5.75 Å². The topological polar surface area (TPSA) is 79.5 Å². The minimum atomic E-state index is -3.66. The molecule has 0 saturated heterocycles. The van der Waals surface area contributed by atoms with Crippen LogP contribution < -0.4 is 4.74 Å². The minimum Gasteiger partial charge on any atom is -0.408 e. The van der Waals surface area contributed by atoms with Crippen molar-refractivity contribution in [2.75, 3.05) is 6.54 Å². The number of aromatic amines is 1. The molecule has 1 N–H and O–H groups in total. The first kappa shape index (κ1) is 19.9. The summed E-state index contributed by atoms with van der Waals surface area (Å²) in [6.45, 7) is 8.16. The third-order valence-electron chi connectivity index (χ3n) is 4.52. The maximum Gasteiger partial charge on any atom is 0.415 e. The maximum absolute atomic E-state index is 12.9. The summed E-state index contributed by atoms with van der Waals surface area (Å²) >= 11 is 0. The smallest absolute Gasteiger partial charge is 0.408 e. The van der Waals surface area contributed by atoms with Gasteiger partial charge < -0.3 is 14.6 Å². The van der Waals surface area contributed by atoms with E-state index in [4.69, 9.17) is 4.74 Å². The van der Waals surface area contributed by atoms with Crippen LogP contribution in [0.4, 0.5) is 4.79 Å². The van der Waals surface area contributed by atoms with E-state index in [9.17, 15) is 13.2 Å². The molecular weight excluding hydrogens is 376 g/mol. The Labute approximate surface area is 165 Å². The number of carbonyl (C=O) groups is 1. The molecule has 0 aliphatic carbocycles. The van der Waals surface area contributed by atoms with Gasteiger partial charge in [0, 0.05) is 29.2 Å². The van der Waals surface area contributed by atoms with Crippen molar-refractivity contribution in [3.8, 4) is 5.75 Å². The first-order valence-corrected chi connectivity index (χ1v) is 10.5. The Balaban J connectivity index is 1.99. The Kier molecular flexibility index (Phi) is 5.21. The molecule has 0 spiro atoms. The lowest BCUT2D eigenvalue weighted by Crippen LogP contribution is -2.46. The molecule has 28 heavy (non-hydrogen) atoms. The molecule has 6 nitrogen and oxygen atoms in total. The van der Waals surface area contributed by atoms with E-state index in [0.29, 0.717) is 23.2 Å². The lowest BCUT2D eigenvalue weighted by Gasteiger charge is -2.33. The van der Waals surface area contributed by atoms with E-state index in [1.54, 1.807) is 53.6 Å². The Morgan fingerprint density at radius 3 is 2.36 bits per heavy atom. The molecule has 0 unspecified atom stereocenters. The molecule has 148 valence electrons. The van der Waals surface area contributed by atoms with Crippen LogP contribution in [0.25, 0.3) is 10.9 Å². The number of carbonyl (C=O) groups excluding carboxylic acids is 1. The van der Waals surface area contributed by atoms with Crippen molar-refractivity contribution in [3.05, 3.63) is 54.7 Å². The fraction of sp³-hybridized carbons (Fsp3) is 0.286. The SMILES string of the molecule is CCN(C(=O)Oc1c[nH]c2ccc(S(=O)(=O)c3ccccc3)cc12)C(C)(C)C. The average molecular weight is 401 g/mol. The molecule has 3 aromatic rings. The van der Waals surface area contributed by atoms with Crippen molar-refractivity contribution in [3.63, 3.8) is 0 Å². The number of nitrogens with zero attached hydrogens (tertiary/aromatic N) is 1. The molecule has 0 bridgehead atoms. The van der Waals surface area contributed by atoms with Crippen molar-refractivity contribution < 1.29 is 17.9 Å². The van der Waals surface area contributed by atoms with Gasteiger partial charge in [-0.2, -0.15) is 0 Å². The third-order valence-corrected chi connectivity index (χ3v) is 6.29. The highest BCUT2D eigenvalue weighted by Gasteiger charge is 2.27. The summed E-state index contributed by atoms with van der Waals surface area (Å²) < 4.78 is 31.4. The van der Waals surface area contributed by atoms with E-state index in [-0.39, 0.29) is 15.3 Å². The highest BCUT2D eigenvalue weighted by Crippen LogP contribution is 2.31. The van der Waals surface area contributed by atoms with Gasteiger partial charge >= 0.3 is 6.09 Å². The van der Waals surface area contributed by atoms with Crippen LogP contribution in [0, 0.1) is 0 Å². The van der Waals surface area contributed by atoms with Crippen molar-refractivity contribution >= 4 is 26.8 Å². The summed E-state index contributed by atoms with van der Waals surface area (Å²) in [7, 11) is -3.66. The Hall–Kier alpha value is -2.80. The number of hydrogen-bond donors (Lipinski definition) is 1. The molecule has 0 aliphatic heterocycles. The van der Waals surface area contributed by atoms with E-state index >= 15 is 0 Å². The second-order valence-electron chi connectivity index (χ2n) is 7.46. The molecule has 1 heterocycles. The minimum absolute atomic E-state index is 0.145. The highest BCUT2D eigenvalue weighted by molar-refractivity contribution is 7.91. The number of amides is 1. The molecular formula is C21H24N2O4S. The van der Waals surface area contributed by atoms with Crippen LogP contribution in [-0.2, 0) is 9.84 Å². The van der Waals surface area contributed by atoms with E-state index in [2.05, 4.69) is 4.98 Å². The normalized spacial score (nSPS) is 12.1. The van der Waals surface area contributed by atoms with Gasteiger partial charge in [0.2, 0.25) is 9.84 Å². The number of H-pyrrole nitrogens is 1. The van der Waals surface area contributed by atoms with Gasteiger partial charge in [-0.05, 0) is 58.0 Å². The summed E-state index contributed by atoms with van der Waals surface area (Å²) in [5.74, 6) is 0.299. The fourth-order valence-electron chi connectivity index (χ4n) is 3.09. The fourth-order valence-corrected chi connectivity index (χ4v) is 4.40. The van der Waals surface area contributed by atoms with Gasteiger partial charge in [-0.25, -0.2) is 13.2 Å². The number of sulfone groups is 1. The number of ether oxygens (including phenoxy) is 1. The highest BCUT2D eigenvalue weighted by atomic mass is 32.2. The van der Waals surface area contributed by atoms with Crippen LogP contribution in [0.1, 0.15) is 27.7 Å². The summed E-state index contributed by atoms with van der Waals surface area (Å²) in [6, 6.07) is 13.0. The van der Waals surface area contributed by atoms with Gasteiger partial charge in [0.15, 0.2) is 5.75 Å². The van der Waals surface area contributed by atoms with Crippen molar-refractivity contribution in [1.82, 2.24) is 9.88 Å². The van der Waals surface area contributed by atoms with E-state index in [1.807, 2.05) is 27.7 Å². The van der Waals surface area contributed by atoms with Crippen LogP contribution in [0.15, 0.2) is 64.5 Å². The number of aromatic nitrogens is 1. The second-order valence-corrected chi connectivity index (χ2v) is 9.41. The molecule has 0 saturated carbocycles. The lowest BCUT2D eigenvalue weighted by molar-refractivity contribution is 0.111. The quantitative estimate of drug-likeness (QED) is 0.693. The summed E-state index contributed by atoms with van der Waals surface area (Å²) in [5.41, 5.74) is 0.299.